The summed E-state index contributed by atoms with van der Waals surface area (Å²) in [5.74, 6) is 0.811. The quantitative estimate of drug-likeness (QED) is 0.605. The molecule has 0 fully saturated rings. The largest absolute Gasteiger partial charge is 0.489 e. The summed E-state index contributed by atoms with van der Waals surface area (Å²) < 4.78 is 11.2. The van der Waals surface area contributed by atoms with Gasteiger partial charge in [0.25, 0.3) is 0 Å². The highest BCUT2D eigenvalue weighted by atomic mass is 16.5. The second kappa shape index (κ2) is 6.31. The van der Waals surface area contributed by atoms with Crippen LogP contribution in [0, 0.1) is 0 Å². The first-order valence-electron chi connectivity index (χ1n) is 7.14. The van der Waals surface area contributed by atoms with Crippen LogP contribution in [-0.4, -0.2) is 6.61 Å². The van der Waals surface area contributed by atoms with Gasteiger partial charge in [-0.1, -0.05) is 43.0 Å². The lowest BCUT2D eigenvalue weighted by atomic mass is 10.0. The molecule has 0 aliphatic heterocycles. The van der Waals surface area contributed by atoms with Crippen molar-refractivity contribution < 1.29 is 9.15 Å². The zero-order valence-corrected chi connectivity index (χ0v) is 11.9. The second-order valence-electron chi connectivity index (χ2n) is 5.00. The molecule has 0 aliphatic carbocycles. The minimum absolute atomic E-state index is 0.507. The summed E-state index contributed by atoms with van der Waals surface area (Å²) in [4.78, 5) is 0. The van der Waals surface area contributed by atoms with E-state index < -0.39 is 0 Å². The standard InChI is InChI=1S/C19H18O2/c1-2-12-20-17-10-11-18-16(14-21-19(18)13-17)9-8-15-6-4-3-5-7-15/h2-7,10-11,13-14H,1,8-9,12H2. The maximum atomic E-state index is 5.65. The first kappa shape index (κ1) is 13.5. The molecule has 1 heterocycles. The van der Waals surface area contributed by atoms with Crippen molar-refractivity contribution in [2.24, 2.45) is 0 Å². The molecule has 0 radical (unpaired) electrons. The number of rotatable bonds is 6. The number of ether oxygens (including phenoxy) is 1. The number of fused-ring (bicyclic) bond motifs is 1. The molecular weight excluding hydrogens is 260 g/mol. The summed E-state index contributed by atoms with van der Waals surface area (Å²) in [6, 6.07) is 16.5. The number of hydrogen-bond acceptors (Lipinski definition) is 2. The molecule has 0 spiro atoms. The van der Waals surface area contributed by atoms with Gasteiger partial charge < -0.3 is 9.15 Å². The summed E-state index contributed by atoms with van der Waals surface area (Å²) in [6.07, 6.45) is 5.58. The first-order valence-corrected chi connectivity index (χ1v) is 7.14. The first-order chi connectivity index (χ1) is 10.4. The van der Waals surface area contributed by atoms with Gasteiger partial charge in [-0.05, 0) is 36.1 Å². The van der Waals surface area contributed by atoms with Crippen molar-refractivity contribution >= 4 is 11.0 Å². The van der Waals surface area contributed by atoms with E-state index in [9.17, 15) is 0 Å². The van der Waals surface area contributed by atoms with E-state index in [0.717, 1.165) is 29.6 Å². The SMILES string of the molecule is C=CCOc1ccc2c(CCc3ccccc3)coc2c1. The minimum Gasteiger partial charge on any atom is -0.489 e. The van der Waals surface area contributed by atoms with Gasteiger partial charge in [0.15, 0.2) is 0 Å². The number of aryl methyl sites for hydroxylation is 2. The van der Waals surface area contributed by atoms with Crippen LogP contribution >= 0.6 is 0 Å². The Hall–Kier alpha value is -2.48. The number of hydrogen-bond donors (Lipinski definition) is 0. The molecule has 1 aromatic heterocycles. The van der Waals surface area contributed by atoms with Crippen LogP contribution in [0.1, 0.15) is 11.1 Å². The zero-order valence-electron chi connectivity index (χ0n) is 11.9. The fraction of sp³-hybridized carbons (Fsp3) is 0.158. The van der Waals surface area contributed by atoms with Crippen LogP contribution in [0.5, 0.6) is 5.75 Å². The highest BCUT2D eigenvalue weighted by Gasteiger charge is 2.07. The number of furan rings is 1. The van der Waals surface area contributed by atoms with Crippen LogP contribution in [0.4, 0.5) is 0 Å². The van der Waals surface area contributed by atoms with Crippen molar-refractivity contribution in [3.63, 3.8) is 0 Å². The predicted molar refractivity (Wildman–Crippen MR) is 85.8 cm³/mol. The third-order valence-corrected chi connectivity index (χ3v) is 3.52. The second-order valence-corrected chi connectivity index (χ2v) is 5.00. The van der Waals surface area contributed by atoms with E-state index in [0.29, 0.717) is 6.61 Å². The molecule has 0 bridgehead atoms. The normalized spacial score (nSPS) is 10.7. The van der Waals surface area contributed by atoms with Crippen molar-refractivity contribution in [2.45, 2.75) is 12.8 Å². The van der Waals surface area contributed by atoms with Crippen LogP contribution in [0.2, 0.25) is 0 Å². The fourth-order valence-corrected chi connectivity index (χ4v) is 2.43. The molecule has 0 atom stereocenters. The van der Waals surface area contributed by atoms with Crippen molar-refractivity contribution in [1.82, 2.24) is 0 Å². The Labute approximate surface area is 124 Å². The van der Waals surface area contributed by atoms with Crippen molar-refractivity contribution in [3.8, 4) is 5.75 Å². The summed E-state index contributed by atoms with van der Waals surface area (Å²) in [7, 11) is 0. The predicted octanol–water partition coefficient (Wildman–Crippen LogP) is 4.78. The maximum absolute atomic E-state index is 5.65. The van der Waals surface area contributed by atoms with Gasteiger partial charge in [0.05, 0.1) is 6.26 Å². The number of benzene rings is 2. The molecule has 2 heteroatoms. The Balaban J connectivity index is 1.75. The van der Waals surface area contributed by atoms with Gasteiger partial charge in [-0.15, -0.1) is 0 Å². The van der Waals surface area contributed by atoms with E-state index >= 15 is 0 Å². The summed E-state index contributed by atoms with van der Waals surface area (Å²) in [6.45, 7) is 4.15. The lowest BCUT2D eigenvalue weighted by Gasteiger charge is -2.03. The van der Waals surface area contributed by atoms with Crippen LogP contribution in [0.3, 0.4) is 0 Å². The molecule has 0 N–H and O–H groups in total. The summed E-state index contributed by atoms with van der Waals surface area (Å²) >= 11 is 0. The van der Waals surface area contributed by atoms with E-state index in [-0.39, 0.29) is 0 Å². The van der Waals surface area contributed by atoms with Crippen LogP contribution in [0.15, 0.2) is 71.9 Å². The smallest absolute Gasteiger partial charge is 0.137 e. The monoisotopic (exact) mass is 278 g/mol. The third-order valence-electron chi connectivity index (χ3n) is 3.52. The molecule has 0 unspecified atom stereocenters. The lowest BCUT2D eigenvalue weighted by molar-refractivity contribution is 0.363. The van der Waals surface area contributed by atoms with E-state index in [2.05, 4.69) is 36.9 Å². The molecule has 0 amide bonds. The van der Waals surface area contributed by atoms with E-state index in [1.165, 1.54) is 11.1 Å². The summed E-state index contributed by atoms with van der Waals surface area (Å²) in [5.41, 5.74) is 3.46. The molecule has 21 heavy (non-hydrogen) atoms. The van der Waals surface area contributed by atoms with Gasteiger partial charge in [-0.25, -0.2) is 0 Å². The molecule has 2 nitrogen and oxygen atoms in total. The maximum Gasteiger partial charge on any atom is 0.137 e. The van der Waals surface area contributed by atoms with Gasteiger partial charge in [-0.2, -0.15) is 0 Å². The average molecular weight is 278 g/mol. The Kier molecular flexibility index (Phi) is 4.06. The van der Waals surface area contributed by atoms with Gasteiger partial charge in [0.2, 0.25) is 0 Å². The van der Waals surface area contributed by atoms with Crippen molar-refractivity contribution in [3.05, 3.63) is 78.6 Å². The van der Waals surface area contributed by atoms with Crippen LogP contribution < -0.4 is 4.74 Å². The van der Waals surface area contributed by atoms with Crippen molar-refractivity contribution in [2.75, 3.05) is 6.61 Å². The van der Waals surface area contributed by atoms with E-state index in [1.807, 2.05) is 24.5 Å². The highest BCUT2D eigenvalue weighted by Crippen LogP contribution is 2.26. The Morgan fingerprint density at radius 3 is 2.71 bits per heavy atom. The Morgan fingerprint density at radius 1 is 1.05 bits per heavy atom. The molecule has 0 aliphatic rings. The Morgan fingerprint density at radius 2 is 1.90 bits per heavy atom. The van der Waals surface area contributed by atoms with Crippen LogP contribution in [-0.2, 0) is 12.8 Å². The molecule has 0 saturated heterocycles. The molecule has 0 saturated carbocycles. The Bertz CT molecular complexity index is 726. The van der Waals surface area contributed by atoms with E-state index in [4.69, 9.17) is 9.15 Å². The van der Waals surface area contributed by atoms with Gasteiger partial charge in [0.1, 0.15) is 17.9 Å². The zero-order chi connectivity index (χ0) is 14.5. The fourth-order valence-electron chi connectivity index (χ4n) is 2.43. The lowest BCUT2D eigenvalue weighted by Crippen LogP contribution is -1.92. The molecular formula is C19H18O2. The topological polar surface area (TPSA) is 22.4 Å². The van der Waals surface area contributed by atoms with Gasteiger partial charge >= 0.3 is 0 Å². The average Bonchev–Trinajstić information content (AvgIpc) is 2.94. The molecule has 3 rings (SSSR count). The summed E-state index contributed by atoms with van der Waals surface area (Å²) in [5, 5.41) is 1.16. The third kappa shape index (κ3) is 3.16. The molecule has 3 aromatic rings. The molecule has 106 valence electrons. The van der Waals surface area contributed by atoms with Gasteiger partial charge in [-0.3, -0.25) is 0 Å². The van der Waals surface area contributed by atoms with Crippen LogP contribution in [0.25, 0.3) is 11.0 Å². The van der Waals surface area contributed by atoms with Gasteiger partial charge in [0, 0.05) is 11.5 Å². The van der Waals surface area contributed by atoms with E-state index in [1.54, 1.807) is 6.08 Å². The minimum atomic E-state index is 0.507. The van der Waals surface area contributed by atoms with Crippen molar-refractivity contribution in [1.29, 1.82) is 0 Å². The molecule has 2 aromatic carbocycles. The highest BCUT2D eigenvalue weighted by molar-refractivity contribution is 5.82.